The van der Waals surface area contributed by atoms with Crippen molar-refractivity contribution >= 4 is 57.2 Å². The number of nitrogens with one attached hydrogen (secondary N) is 2. The normalized spacial score (nSPS) is 14.6. The molecule has 0 aliphatic carbocycles. The molecule has 0 atom stereocenters. The van der Waals surface area contributed by atoms with Crippen molar-refractivity contribution in [1.29, 1.82) is 0 Å². The zero-order valence-electron chi connectivity index (χ0n) is 37.9. The third-order valence-electron chi connectivity index (χ3n) is 12.1. The number of fused-ring (bicyclic) bond motifs is 2. The highest BCUT2D eigenvalue weighted by Crippen LogP contribution is 2.32. The monoisotopic (exact) mass is 916 g/mol. The number of ether oxygens (including phenoxy) is 2. The van der Waals surface area contributed by atoms with Crippen LogP contribution in [0.1, 0.15) is 54.4 Å². The van der Waals surface area contributed by atoms with Gasteiger partial charge in [0.1, 0.15) is 17.8 Å². The molecule has 0 spiro atoms. The molecule has 2 saturated heterocycles. The number of nitrogens with two attached hydrogens (primary N) is 2. The molecule has 2 aliphatic heterocycles. The van der Waals surface area contributed by atoms with Gasteiger partial charge < -0.3 is 45.9 Å². The van der Waals surface area contributed by atoms with Gasteiger partial charge in [-0.05, 0) is 31.0 Å². The third kappa shape index (κ3) is 12.4. The highest BCUT2D eigenvalue weighted by atomic mass is 16.5. The standard InChI is InChI=1S/C46H60N16O5/c47-10-24-66-22-8-39(64)50-27-33-28-51-45(52-29-33)61-19-17-59(18-20-61)40(65)9-23-67-25-21-58-13-15-60(16-14-58)46-53-30-36(31-54-46)38(63)4-2-1-3-12-62-44-41(43(48)55-32-56-44)42(57-62)35-5-6-37-34(26-35)7-11-49-37/h5-7,11,26,28-32,49H,1-4,8-10,12-25,27,47H2,(H,50,64)(H2,48,55,56). The number of carbonyl (C=O) groups is 3. The Labute approximate surface area is 388 Å². The van der Waals surface area contributed by atoms with Crippen molar-refractivity contribution in [1.82, 2.24) is 59.8 Å². The zero-order chi connectivity index (χ0) is 46.4. The molecule has 21 nitrogen and oxygen atoms in total. The minimum absolute atomic E-state index is 0.0315. The summed E-state index contributed by atoms with van der Waals surface area (Å²) in [5.41, 5.74) is 16.5. The van der Waals surface area contributed by atoms with Gasteiger partial charge in [0.05, 0.1) is 43.8 Å². The van der Waals surface area contributed by atoms with Crippen LogP contribution in [-0.2, 0) is 32.2 Å². The maximum absolute atomic E-state index is 13.0. The van der Waals surface area contributed by atoms with E-state index < -0.39 is 0 Å². The van der Waals surface area contributed by atoms with Crippen LogP contribution in [0, 0.1) is 0 Å². The molecule has 6 aromatic rings. The smallest absolute Gasteiger partial charge is 0.225 e. The molecule has 2 fully saturated rings. The maximum atomic E-state index is 13.0. The predicted octanol–water partition coefficient (Wildman–Crippen LogP) is 2.44. The van der Waals surface area contributed by atoms with Crippen LogP contribution in [0.2, 0.25) is 0 Å². The van der Waals surface area contributed by atoms with E-state index in [1.165, 1.54) is 6.33 Å². The SMILES string of the molecule is NCCOCCC(=O)NCc1cnc(N2CCN(C(=O)CCOCCN3CCN(c4ncc(C(=O)CCCCCn5nc(-c6ccc7[nH]ccc7c6)c6c(N)ncnc65)cn4)CC3)CC2)nc1. The Balaban J connectivity index is 0.671. The van der Waals surface area contributed by atoms with E-state index in [0.29, 0.717) is 114 Å². The van der Waals surface area contributed by atoms with Crippen LogP contribution in [0.4, 0.5) is 17.7 Å². The maximum Gasteiger partial charge on any atom is 0.225 e. The average molecular weight is 917 g/mol. The van der Waals surface area contributed by atoms with Crippen LogP contribution in [0.15, 0.2) is 61.6 Å². The van der Waals surface area contributed by atoms with E-state index in [1.54, 1.807) is 24.8 Å². The lowest BCUT2D eigenvalue weighted by atomic mass is 10.1. The average Bonchev–Trinajstić information content (AvgIpc) is 4.00. The van der Waals surface area contributed by atoms with Crippen LogP contribution >= 0.6 is 0 Å². The number of ketones is 1. The quantitative estimate of drug-likeness (QED) is 0.0532. The molecule has 1 aromatic carbocycles. The number of H-pyrrole nitrogens is 1. The number of nitrogen functional groups attached to an aromatic ring is 1. The Morgan fingerprint density at radius 3 is 2.21 bits per heavy atom. The number of benzene rings is 1. The van der Waals surface area contributed by atoms with Gasteiger partial charge in [-0.25, -0.2) is 34.6 Å². The molecule has 2 amide bonds. The molecule has 2 aliphatic rings. The van der Waals surface area contributed by atoms with Gasteiger partial charge >= 0.3 is 0 Å². The first-order valence-electron chi connectivity index (χ1n) is 23.2. The molecule has 7 heterocycles. The molecule has 5 aromatic heterocycles. The van der Waals surface area contributed by atoms with E-state index in [-0.39, 0.29) is 24.0 Å². The molecule has 0 radical (unpaired) electrons. The minimum Gasteiger partial charge on any atom is -0.383 e. The minimum atomic E-state index is -0.105. The predicted molar refractivity (Wildman–Crippen MR) is 253 cm³/mol. The first kappa shape index (κ1) is 46.8. The summed E-state index contributed by atoms with van der Waals surface area (Å²) in [6.07, 6.45) is 13.5. The lowest BCUT2D eigenvalue weighted by Crippen LogP contribution is -2.49. The van der Waals surface area contributed by atoms with Crippen molar-refractivity contribution < 1.29 is 23.9 Å². The van der Waals surface area contributed by atoms with Gasteiger partial charge in [0.25, 0.3) is 0 Å². The van der Waals surface area contributed by atoms with Crippen LogP contribution in [0.5, 0.6) is 0 Å². The molecule has 354 valence electrons. The van der Waals surface area contributed by atoms with Crippen molar-refractivity contribution in [3.63, 3.8) is 0 Å². The molecule has 0 bridgehead atoms. The van der Waals surface area contributed by atoms with Gasteiger partial charge in [-0.15, -0.1) is 0 Å². The van der Waals surface area contributed by atoms with Gasteiger partial charge in [-0.3, -0.25) is 19.3 Å². The second kappa shape index (κ2) is 23.2. The van der Waals surface area contributed by atoms with Crippen molar-refractivity contribution in [2.75, 3.05) is 107 Å². The van der Waals surface area contributed by atoms with Gasteiger partial charge in [0.15, 0.2) is 11.4 Å². The Morgan fingerprint density at radius 1 is 0.731 bits per heavy atom. The summed E-state index contributed by atoms with van der Waals surface area (Å²) in [5, 5.41) is 9.58. The highest BCUT2D eigenvalue weighted by molar-refractivity contribution is 6.00. The largest absolute Gasteiger partial charge is 0.383 e. The number of aromatic amines is 1. The molecule has 6 N–H and O–H groups in total. The van der Waals surface area contributed by atoms with Crippen LogP contribution in [-0.4, -0.2) is 164 Å². The van der Waals surface area contributed by atoms with E-state index in [1.807, 2.05) is 34.0 Å². The summed E-state index contributed by atoms with van der Waals surface area (Å²) in [7, 11) is 0. The summed E-state index contributed by atoms with van der Waals surface area (Å²) in [4.78, 5) is 76.4. The summed E-state index contributed by atoms with van der Waals surface area (Å²) < 4.78 is 13.0. The fourth-order valence-corrected chi connectivity index (χ4v) is 8.27. The van der Waals surface area contributed by atoms with Crippen LogP contribution < -0.4 is 26.6 Å². The van der Waals surface area contributed by atoms with Crippen molar-refractivity contribution in [2.24, 2.45) is 5.73 Å². The van der Waals surface area contributed by atoms with Crippen molar-refractivity contribution in [3.05, 3.63) is 72.7 Å². The number of piperazine rings is 2. The summed E-state index contributed by atoms with van der Waals surface area (Å²) in [5.74, 6) is 1.64. The van der Waals surface area contributed by atoms with E-state index in [4.69, 9.17) is 26.0 Å². The molecule has 21 heteroatoms. The zero-order valence-corrected chi connectivity index (χ0v) is 37.9. The van der Waals surface area contributed by atoms with Gasteiger partial charge in [-0.2, -0.15) is 5.10 Å². The van der Waals surface area contributed by atoms with E-state index in [2.05, 4.69) is 61.0 Å². The number of rotatable bonds is 23. The lowest BCUT2D eigenvalue weighted by molar-refractivity contribution is -0.132. The summed E-state index contributed by atoms with van der Waals surface area (Å²) in [6.45, 7) is 9.57. The molecule has 0 unspecified atom stereocenters. The Morgan fingerprint density at radius 2 is 1.45 bits per heavy atom. The summed E-state index contributed by atoms with van der Waals surface area (Å²) >= 11 is 0. The topological polar surface area (TPSA) is 258 Å². The fourth-order valence-electron chi connectivity index (χ4n) is 8.27. The number of nitrogens with zero attached hydrogens (tertiary/aromatic N) is 12. The molecule has 0 saturated carbocycles. The molecular formula is C46H60N16O5. The number of unbranched alkanes of at least 4 members (excludes halogenated alkanes) is 2. The Kier molecular flexibility index (Phi) is 16.2. The number of aromatic nitrogens is 9. The van der Waals surface area contributed by atoms with Crippen LogP contribution in [0.3, 0.4) is 0 Å². The molecule has 67 heavy (non-hydrogen) atoms. The number of amides is 2. The van der Waals surface area contributed by atoms with Gasteiger partial charge in [0.2, 0.25) is 23.7 Å². The number of anilines is 3. The molecular weight excluding hydrogens is 857 g/mol. The second-order valence-corrected chi connectivity index (χ2v) is 16.7. The van der Waals surface area contributed by atoms with Gasteiger partial charge in [0, 0.05) is 144 Å². The lowest BCUT2D eigenvalue weighted by Gasteiger charge is -2.35. The number of carbonyl (C=O) groups excluding carboxylic acids is 3. The third-order valence-corrected chi connectivity index (χ3v) is 12.1. The van der Waals surface area contributed by atoms with Crippen molar-refractivity contribution in [2.45, 2.75) is 51.6 Å². The molecule has 8 rings (SSSR count). The summed E-state index contributed by atoms with van der Waals surface area (Å²) in [6, 6.07) is 8.17. The van der Waals surface area contributed by atoms with Crippen molar-refractivity contribution in [3.8, 4) is 11.3 Å². The number of hydrogen-bond acceptors (Lipinski definition) is 17. The first-order valence-corrected chi connectivity index (χ1v) is 23.2. The first-order chi connectivity index (χ1) is 32.8. The van der Waals surface area contributed by atoms with E-state index in [9.17, 15) is 14.4 Å². The van der Waals surface area contributed by atoms with E-state index in [0.717, 1.165) is 85.1 Å². The second-order valence-electron chi connectivity index (χ2n) is 16.7. The van der Waals surface area contributed by atoms with E-state index >= 15 is 0 Å². The Bertz CT molecular complexity index is 2550. The Hall–Kier alpha value is -6.68. The number of Topliss-reactive ketones (excluding diaryl/α,β-unsaturated/α-hetero) is 1. The number of aryl methyl sites for hydroxylation is 1. The number of hydrogen-bond donors (Lipinski definition) is 4. The highest BCUT2D eigenvalue weighted by Gasteiger charge is 2.24. The fraction of sp³-hybridized carbons (Fsp3) is 0.478. The van der Waals surface area contributed by atoms with Crippen LogP contribution in [0.25, 0.3) is 33.2 Å². The van der Waals surface area contributed by atoms with Gasteiger partial charge in [-0.1, -0.05) is 12.5 Å².